The molecule has 1 aromatic carbocycles. The van der Waals surface area contributed by atoms with Crippen LogP contribution in [0, 0.1) is 6.92 Å². The topological polar surface area (TPSA) is 20.2 Å². The number of halogens is 1. The predicted molar refractivity (Wildman–Crippen MR) is 56.0 cm³/mol. The van der Waals surface area contributed by atoms with E-state index in [0.717, 1.165) is 22.6 Å². The minimum absolute atomic E-state index is 0.0573. The Morgan fingerprint density at radius 2 is 2.23 bits per heavy atom. The van der Waals surface area contributed by atoms with Crippen molar-refractivity contribution < 1.29 is 5.11 Å². The van der Waals surface area contributed by atoms with E-state index in [0.29, 0.717) is 0 Å². The van der Waals surface area contributed by atoms with Gasteiger partial charge in [-0.05, 0) is 30.5 Å². The zero-order valence-electron chi connectivity index (χ0n) is 7.76. The summed E-state index contributed by atoms with van der Waals surface area (Å²) in [6.45, 7) is 5.94. The van der Waals surface area contributed by atoms with Gasteiger partial charge in [-0.25, -0.2) is 0 Å². The number of benzene rings is 1. The van der Waals surface area contributed by atoms with E-state index in [1.165, 1.54) is 0 Å². The van der Waals surface area contributed by atoms with Crippen molar-refractivity contribution in [3.05, 3.63) is 41.3 Å². The molecule has 0 saturated heterocycles. The number of hydrogen-bond acceptors (Lipinski definition) is 1. The number of aryl methyl sites for hydroxylation is 1. The Bertz CT molecular complexity index is 283. The van der Waals surface area contributed by atoms with Gasteiger partial charge in [-0.2, -0.15) is 0 Å². The molecular weight excluding hydrogens is 184 g/mol. The molecule has 0 bridgehead atoms. The normalized spacial score (nSPS) is 12.9. The lowest BCUT2D eigenvalue weighted by Crippen LogP contribution is -1.99. The monoisotopic (exact) mass is 197 g/mol. The summed E-state index contributed by atoms with van der Waals surface area (Å²) in [6.07, 6.45) is 0.931. The van der Waals surface area contributed by atoms with Gasteiger partial charge in [0.05, 0.1) is 0 Å². The van der Waals surface area contributed by atoms with Gasteiger partial charge in [0.1, 0.15) is 0 Å². The van der Waals surface area contributed by atoms with Crippen LogP contribution in [0.1, 0.15) is 24.0 Å². The second-order valence-corrected chi connectivity index (χ2v) is 3.49. The SMILES string of the molecule is [CH2]C(CO)c1ccc(CC)c(Cl)c1. The van der Waals surface area contributed by atoms with Gasteiger partial charge in [-0.3, -0.25) is 0 Å². The maximum Gasteiger partial charge on any atom is 0.0499 e. The van der Waals surface area contributed by atoms with E-state index < -0.39 is 0 Å². The molecule has 0 aromatic heterocycles. The predicted octanol–water partition coefficient (Wildman–Crippen LogP) is 2.81. The van der Waals surface area contributed by atoms with Gasteiger partial charge in [0, 0.05) is 17.5 Å². The zero-order chi connectivity index (χ0) is 9.84. The summed E-state index contributed by atoms with van der Waals surface area (Å²) < 4.78 is 0. The lowest BCUT2D eigenvalue weighted by atomic mass is 10.00. The van der Waals surface area contributed by atoms with Crippen LogP contribution in [0.3, 0.4) is 0 Å². The van der Waals surface area contributed by atoms with E-state index in [-0.39, 0.29) is 12.5 Å². The van der Waals surface area contributed by atoms with Gasteiger partial charge in [-0.1, -0.05) is 30.7 Å². The molecule has 1 N–H and O–H groups in total. The molecule has 0 spiro atoms. The second-order valence-electron chi connectivity index (χ2n) is 3.08. The van der Waals surface area contributed by atoms with Crippen molar-refractivity contribution in [2.24, 2.45) is 0 Å². The molecule has 0 heterocycles. The Balaban J connectivity index is 2.95. The highest BCUT2D eigenvalue weighted by Crippen LogP contribution is 2.22. The number of aliphatic hydroxyl groups excluding tert-OH is 1. The summed E-state index contributed by atoms with van der Waals surface area (Å²) in [4.78, 5) is 0. The lowest BCUT2D eigenvalue weighted by Gasteiger charge is -2.10. The van der Waals surface area contributed by atoms with Crippen molar-refractivity contribution in [2.45, 2.75) is 19.3 Å². The fourth-order valence-electron chi connectivity index (χ4n) is 1.21. The number of hydrogen-bond donors (Lipinski definition) is 1. The summed E-state index contributed by atoms with van der Waals surface area (Å²) in [5.41, 5.74) is 2.13. The van der Waals surface area contributed by atoms with Crippen LogP contribution in [0.25, 0.3) is 0 Å². The van der Waals surface area contributed by atoms with Crippen molar-refractivity contribution in [2.75, 3.05) is 6.61 Å². The van der Waals surface area contributed by atoms with Crippen molar-refractivity contribution in [3.8, 4) is 0 Å². The van der Waals surface area contributed by atoms with Crippen molar-refractivity contribution in [1.82, 2.24) is 0 Å². The molecule has 0 fully saturated rings. The van der Waals surface area contributed by atoms with E-state index in [9.17, 15) is 0 Å². The smallest absolute Gasteiger partial charge is 0.0499 e. The summed E-state index contributed by atoms with van der Waals surface area (Å²) in [5, 5.41) is 9.67. The van der Waals surface area contributed by atoms with Crippen LogP contribution in [0.15, 0.2) is 18.2 Å². The first-order valence-electron chi connectivity index (χ1n) is 4.41. The molecule has 0 saturated carbocycles. The molecule has 0 amide bonds. The van der Waals surface area contributed by atoms with Crippen molar-refractivity contribution in [3.63, 3.8) is 0 Å². The molecule has 0 aliphatic rings. The van der Waals surface area contributed by atoms with E-state index >= 15 is 0 Å². The molecule has 1 radical (unpaired) electrons. The molecule has 0 aliphatic heterocycles. The number of aliphatic hydroxyl groups is 1. The Morgan fingerprint density at radius 1 is 1.54 bits per heavy atom. The Kier molecular flexibility index (Phi) is 3.76. The van der Waals surface area contributed by atoms with Gasteiger partial charge in [0.15, 0.2) is 0 Å². The summed E-state index contributed by atoms with van der Waals surface area (Å²) >= 11 is 6.02. The zero-order valence-corrected chi connectivity index (χ0v) is 8.51. The Labute approximate surface area is 84.4 Å². The average molecular weight is 198 g/mol. The Morgan fingerprint density at radius 3 is 2.69 bits per heavy atom. The minimum atomic E-state index is -0.0802. The van der Waals surface area contributed by atoms with Gasteiger partial charge in [0.2, 0.25) is 0 Å². The highest BCUT2D eigenvalue weighted by atomic mass is 35.5. The van der Waals surface area contributed by atoms with Gasteiger partial charge >= 0.3 is 0 Å². The molecule has 1 atom stereocenters. The molecule has 1 unspecified atom stereocenters. The summed E-state index contributed by atoms with van der Waals surface area (Å²) in [6, 6.07) is 5.85. The average Bonchev–Trinajstić information content (AvgIpc) is 2.16. The largest absolute Gasteiger partial charge is 0.396 e. The van der Waals surface area contributed by atoms with E-state index in [2.05, 4.69) is 13.8 Å². The van der Waals surface area contributed by atoms with Gasteiger partial charge in [-0.15, -0.1) is 0 Å². The third-order valence-electron chi connectivity index (χ3n) is 2.15. The van der Waals surface area contributed by atoms with Gasteiger partial charge in [0.25, 0.3) is 0 Å². The fraction of sp³-hybridized carbons (Fsp3) is 0.364. The van der Waals surface area contributed by atoms with Crippen LogP contribution in [-0.2, 0) is 6.42 Å². The first kappa shape index (κ1) is 10.6. The third-order valence-corrected chi connectivity index (χ3v) is 2.50. The first-order chi connectivity index (χ1) is 6.19. The first-order valence-corrected chi connectivity index (χ1v) is 4.79. The van der Waals surface area contributed by atoms with Crippen molar-refractivity contribution in [1.29, 1.82) is 0 Å². The molecule has 0 aliphatic carbocycles. The van der Waals surface area contributed by atoms with E-state index in [1.54, 1.807) is 0 Å². The van der Waals surface area contributed by atoms with Crippen LogP contribution >= 0.6 is 11.6 Å². The molecule has 1 rings (SSSR count). The minimum Gasteiger partial charge on any atom is -0.396 e. The van der Waals surface area contributed by atoms with E-state index in [1.807, 2.05) is 18.2 Å². The fourth-order valence-corrected chi connectivity index (χ4v) is 1.53. The summed E-state index contributed by atoms with van der Waals surface area (Å²) in [7, 11) is 0. The highest BCUT2D eigenvalue weighted by molar-refractivity contribution is 6.31. The molecule has 13 heavy (non-hydrogen) atoms. The van der Waals surface area contributed by atoms with Crippen LogP contribution < -0.4 is 0 Å². The van der Waals surface area contributed by atoms with Crippen molar-refractivity contribution >= 4 is 11.6 Å². The summed E-state index contributed by atoms with van der Waals surface area (Å²) in [5.74, 6) is -0.0802. The van der Waals surface area contributed by atoms with Crippen LogP contribution in [-0.4, -0.2) is 11.7 Å². The third kappa shape index (κ3) is 2.45. The van der Waals surface area contributed by atoms with E-state index in [4.69, 9.17) is 16.7 Å². The molecule has 2 heteroatoms. The molecule has 71 valence electrons. The molecule has 1 aromatic rings. The van der Waals surface area contributed by atoms with Crippen LogP contribution in [0.2, 0.25) is 5.02 Å². The van der Waals surface area contributed by atoms with Crippen LogP contribution in [0.4, 0.5) is 0 Å². The quantitative estimate of drug-likeness (QED) is 0.790. The lowest BCUT2D eigenvalue weighted by molar-refractivity contribution is 0.282. The number of rotatable bonds is 3. The standard InChI is InChI=1S/C11H14ClO/c1-3-9-4-5-10(6-11(9)12)8(2)7-13/h4-6,8,13H,2-3,7H2,1H3. The maximum absolute atomic E-state index is 8.90. The Hall–Kier alpha value is -0.530. The van der Waals surface area contributed by atoms with Gasteiger partial charge < -0.3 is 5.11 Å². The van der Waals surface area contributed by atoms with Crippen LogP contribution in [0.5, 0.6) is 0 Å². The molecule has 1 nitrogen and oxygen atoms in total. The highest BCUT2D eigenvalue weighted by Gasteiger charge is 2.06. The second kappa shape index (κ2) is 4.64. The maximum atomic E-state index is 8.90. The molecular formula is C11H14ClO.